The summed E-state index contributed by atoms with van der Waals surface area (Å²) in [7, 11) is 0. The maximum Gasteiger partial charge on any atom is 0.0733 e. The van der Waals surface area contributed by atoms with Gasteiger partial charge in [-0.05, 0) is 51.4 Å². The predicted octanol–water partition coefficient (Wildman–Crippen LogP) is 5.97. The first-order chi connectivity index (χ1) is 11.1. The van der Waals surface area contributed by atoms with E-state index >= 15 is 0 Å². The van der Waals surface area contributed by atoms with Gasteiger partial charge in [-0.15, -0.1) is 0 Å². The van der Waals surface area contributed by atoms with Crippen molar-refractivity contribution in [2.45, 2.75) is 39.9 Å². The van der Waals surface area contributed by atoms with Crippen LogP contribution in [0.4, 0.5) is 0 Å². The molecular weight excluding hydrogens is 280 g/mol. The quantitative estimate of drug-likeness (QED) is 0.538. The number of hydrogen-bond acceptors (Lipinski definition) is 1. The zero-order valence-corrected chi connectivity index (χ0v) is 14.0. The van der Waals surface area contributed by atoms with Crippen LogP contribution in [0, 0.1) is 6.92 Å². The zero-order valence-electron chi connectivity index (χ0n) is 14.0. The van der Waals surface area contributed by atoms with Gasteiger partial charge >= 0.3 is 0 Å². The number of fused-ring (bicyclic) bond motifs is 5. The fraction of sp³-hybridized carbons (Fsp3) is 0.273. The van der Waals surface area contributed by atoms with E-state index in [1.54, 1.807) is 0 Å². The Morgan fingerprint density at radius 1 is 0.870 bits per heavy atom. The summed E-state index contributed by atoms with van der Waals surface area (Å²) in [5.41, 5.74) is 7.93. The van der Waals surface area contributed by atoms with Crippen molar-refractivity contribution in [2.75, 3.05) is 0 Å². The highest BCUT2D eigenvalue weighted by atomic mass is 16.5. The Kier molecular flexibility index (Phi) is 3.46. The molecule has 0 unspecified atom stereocenters. The highest BCUT2D eigenvalue weighted by Gasteiger charge is 2.17. The Hall–Kier alpha value is -2.12. The maximum atomic E-state index is 5.99. The highest BCUT2D eigenvalue weighted by Crippen LogP contribution is 2.36. The smallest absolute Gasteiger partial charge is 0.0733 e. The van der Waals surface area contributed by atoms with E-state index in [-0.39, 0.29) is 0 Å². The van der Waals surface area contributed by atoms with Crippen molar-refractivity contribution >= 4 is 10.8 Å². The Balaban J connectivity index is 1.96. The Labute approximate surface area is 137 Å². The van der Waals surface area contributed by atoms with Gasteiger partial charge in [0.2, 0.25) is 0 Å². The van der Waals surface area contributed by atoms with Crippen molar-refractivity contribution in [1.29, 1.82) is 0 Å². The van der Waals surface area contributed by atoms with Gasteiger partial charge in [0.05, 0.1) is 13.2 Å². The summed E-state index contributed by atoms with van der Waals surface area (Å²) in [4.78, 5) is 0. The van der Waals surface area contributed by atoms with Crippen molar-refractivity contribution in [3.05, 3.63) is 70.8 Å². The summed E-state index contributed by atoms with van der Waals surface area (Å²) < 4.78 is 5.99. The monoisotopic (exact) mass is 302 g/mol. The molecule has 0 spiro atoms. The molecule has 4 rings (SSSR count). The lowest BCUT2D eigenvalue weighted by Crippen LogP contribution is -1.94. The van der Waals surface area contributed by atoms with Crippen molar-refractivity contribution in [3.63, 3.8) is 0 Å². The molecule has 1 heteroatoms. The van der Waals surface area contributed by atoms with Gasteiger partial charge in [-0.1, -0.05) is 67.9 Å². The molecule has 3 aromatic rings. The summed E-state index contributed by atoms with van der Waals surface area (Å²) in [6.07, 6.45) is 0. The van der Waals surface area contributed by atoms with Gasteiger partial charge in [0.15, 0.2) is 0 Å². The molecule has 0 aromatic heterocycles. The molecule has 0 radical (unpaired) electrons. The lowest BCUT2D eigenvalue weighted by Gasteiger charge is -2.14. The van der Waals surface area contributed by atoms with Crippen molar-refractivity contribution < 1.29 is 4.74 Å². The first-order valence-electron chi connectivity index (χ1n) is 8.36. The Morgan fingerprint density at radius 2 is 1.70 bits per heavy atom. The summed E-state index contributed by atoms with van der Waals surface area (Å²) >= 11 is 0. The van der Waals surface area contributed by atoms with E-state index in [0.29, 0.717) is 19.1 Å². The van der Waals surface area contributed by atoms with Gasteiger partial charge < -0.3 is 4.74 Å². The average molecular weight is 302 g/mol. The van der Waals surface area contributed by atoms with Crippen LogP contribution in [0.1, 0.15) is 42.0 Å². The van der Waals surface area contributed by atoms with E-state index < -0.39 is 0 Å². The minimum Gasteiger partial charge on any atom is -0.372 e. The molecule has 1 aliphatic heterocycles. The van der Waals surface area contributed by atoms with Crippen LogP contribution in [-0.4, -0.2) is 0 Å². The Morgan fingerprint density at radius 3 is 2.52 bits per heavy atom. The molecule has 3 aromatic carbocycles. The van der Waals surface area contributed by atoms with Crippen LogP contribution >= 0.6 is 0 Å². The maximum absolute atomic E-state index is 5.99. The van der Waals surface area contributed by atoms with Crippen molar-refractivity contribution in [2.24, 2.45) is 0 Å². The van der Waals surface area contributed by atoms with E-state index in [4.69, 9.17) is 4.74 Å². The van der Waals surface area contributed by atoms with Crippen LogP contribution in [0.5, 0.6) is 0 Å². The van der Waals surface area contributed by atoms with E-state index in [0.717, 1.165) is 0 Å². The molecule has 116 valence electrons. The van der Waals surface area contributed by atoms with Crippen LogP contribution in [0.25, 0.3) is 21.9 Å². The second-order valence-electron chi connectivity index (χ2n) is 6.88. The third kappa shape index (κ3) is 2.46. The van der Waals surface area contributed by atoms with E-state index in [9.17, 15) is 0 Å². The largest absolute Gasteiger partial charge is 0.372 e. The molecular formula is C22H22O. The average Bonchev–Trinajstić information content (AvgIpc) is 2.72. The van der Waals surface area contributed by atoms with Crippen LogP contribution in [0.2, 0.25) is 0 Å². The molecule has 23 heavy (non-hydrogen) atoms. The molecule has 0 N–H and O–H groups in total. The highest BCUT2D eigenvalue weighted by molar-refractivity contribution is 5.93. The van der Waals surface area contributed by atoms with Crippen molar-refractivity contribution in [3.8, 4) is 11.1 Å². The molecule has 1 heterocycles. The van der Waals surface area contributed by atoms with E-state index in [1.807, 2.05) is 0 Å². The Bertz CT molecular complexity index is 890. The van der Waals surface area contributed by atoms with Gasteiger partial charge in [-0.25, -0.2) is 0 Å². The van der Waals surface area contributed by atoms with Crippen LogP contribution in [0.3, 0.4) is 0 Å². The number of aryl methyl sites for hydroxylation is 1. The number of hydrogen-bond donors (Lipinski definition) is 0. The van der Waals surface area contributed by atoms with E-state index in [1.165, 1.54) is 44.2 Å². The lowest BCUT2D eigenvalue weighted by atomic mass is 9.90. The number of rotatable bonds is 1. The van der Waals surface area contributed by atoms with Gasteiger partial charge in [-0.2, -0.15) is 0 Å². The van der Waals surface area contributed by atoms with Crippen molar-refractivity contribution in [1.82, 2.24) is 0 Å². The van der Waals surface area contributed by atoms with Gasteiger partial charge in [0.1, 0.15) is 0 Å². The van der Waals surface area contributed by atoms with Gasteiger partial charge in [0.25, 0.3) is 0 Å². The standard InChI is InChI=1S/C22H22O/c1-14(2)16-5-8-19-17(11-16)6-9-21-20-7-4-15(3)10-18(20)12-23-13-22(19)21/h4-11,14H,12-13H2,1-3H3. The topological polar surface area (TPSA) is 9.23 Å². The molecule has 0 saturated heterocycles. The van der Waals surface area contributed by atoms with Crippen LogP contribution in [-0.2, 0) is 18.0 Å². The molecule has 0 atom stereocenters. The number of benzene rings is 3. The minimum absolute atomic E-state index is 0.554. The summed E-state index contributed by atoms with van der Waals surface area (Å²) in [5.74, 6) is 0.554. The summed E-state index contributed by atoms with van der Waals surface area (Å²) in [5, 5.41) is 2.63. The molecule has 1 aliphatic rings. The molecule has 0 saturated carbocycles. The second kappa shape index (κ2) is 5.50. The zero-order chi connectivity index (χ0) is 16.0. The molecule has 0 bridgehead atoms. The minimum atomic E-state index is 0.554. The lowest BCUT2D eigenvalue weighted by molar-refractivity contribution is 0.110. The van der Waals surface area contributed by atoms with Gasteiger partial charge in [-0.3, -0.25) is 0 Å². The third-order valence-electron chi connectivity index (χ3n) is 4.88. The predicted molar refractivity (Wildman–Crippen MR) is 96.7 cm³/mol. The first kappa shape index (κ1) is 14.5. The summed E-state index contributed by atoms with van der Waals surface area (Å²) in [6.45, 7) is 8.00. The second-order valence-corrected chi connectivity index (χ2v) is 6.88. The fourth-order valence-corrected chi connectivity index (χ4v) is 3.55. The molecule has 0 amide bonds. The van der Waals surface area contributed by atoms with Crippen LogP contribution in [0.15, 0.2) is 48.5 Å². The van der Waals surface area contributed by atoms with Crippen LogP contribution < -0.4 is 0 Å². The SMILES string of the molecule is Cc1ccc2c(c1)COCc1c-2ccc2cc(C(C)C)ccc12. The molecule has 0 fully saturated rings. The normalized spacial score (nSPS) is 13.7. The molecule has 0 aliphatic carbocycles. The van der Waals surface area contributed by atoms with E-state index in [2.05, 4.69) is 69.3 Å². The third-order valence-corrected chi connectivity index (χ3v) is 4.88. The first-order valence-corrected chi connectivity index (χ1v) is 8.36. The number of ether oxygens (including phenoxy) is 1. The summed E-state index contributed by atoms with van der Waals surface area (Å²) in [6, 6.07) is 18.1. The van der Waals surface area contributed by atoms with Gasteiger partial charge in [0, 0.05) is 0 Å². The molecule has 1 nitrogen and oxygen atoms in total. The fourth-order valence-electron chi connectivity index (χ4n) is 3.55.